The van der Waals surface area contributed by atoms with Crippen molar-refractivity contribution >= 4 is 23.4 Å². The van der Waals surface area contributed by atoms with E-state index < -0.39 is 0 Å². The summed E-state index contributed by atoms with van der Waals surface area (Å²) in [5, 5.41) is 11.4. The second kappa shape index (κ2) is 8.30. The topological polar surface area (TPSA) is 95.7 Å². The molecule has 0 radical (unpaired) electrons. The first-order valence-corrected chi connectivity index (χ1v) is 9.00. The first-order chi connectivity index (χ1) is 11.4. The van der Waals surface area contributed by atoms with E-state index in [1.807, 2.05) is 32.0 Å². The molecule has 1 atom stereocenters. The van der Waals surface area contributed by atoms with Crippen molar-refractivity contribution in [1.29, 1.82) is 0 Å². The molecule has 2 rings (SSSR count). The molecular weight excluding hydrogens is 324 g/mol. The van der Waals surface area contributed by atoms with Gasteiger partial charge in [-0.3, -0.25) is 4.79 Å². The molecule has 0 fully saturated rings. The lowest BCUT2D eigenvalue weighted by Gasteiger charge is -2.10. The van der Waals surface area contributed by atoms with Crippen LogP contribution in [0.1, 0.15) is 43.3 Å². The number of amides is 1. The average Bonchev–Trinajstić information content (AvgIpc) is 2.97. The molecule has 1 amide bonds. The fourth-order valence-corrected chi connectivity index (χ4v) is 3.00. The van der Waals surface area contributed by atoms with Gasteiger partial charge in [0.2, 0.25) is 5.91 Å². The van der Waals surface area contributed by atoms with E-state index in [1.54, 1.807) is 0 Å². The molecule has 1 unspecified atom stereocenters. The van der Waals surface area contributed by atoms with Gasteiger partial charge in [0.05, 0.1) is 5.75 Å². The number of anilines is 1. The lowest BCUT2D eigenvalue weighted by atomic mass is 10.1. The highest BCUT2D eigenvalue weighted by molar-refractivity contribution is 7.99. The van der Waals surface area contributed by atoms with E-state index >= 15 is 0 Å². The molecule has 0 bridgehead atoms. The fourth-order valence-electron chi connectivity index (χ4n) is 2.43. The average molecular weight is 349 g/mol. The van der Waals surface area contributed by atoms with Gasteiger partial charge in [0.15, 0.2) is 6.04 Å². The lowest BCUT2D eigenvalue weighted by molar-refractivity contribution is -0.435. The Morgan fingerprint density at radius 3 is 2.58 bits per heavy atom. The summed E-state index contributed by atoms with van der Waals surface area (Å²) in [7, 11) is 0. The molecule has 130 valence electrons. The molecule has 6 nitrogen and oxygen atoms in total. The van der Waals surface area contributed by atoms with E-state index in [-0.39, 0.29) is 17.7 Å². The van der Waals surface area contributed by atoms with Crippen LogP contribution in [0.3, 0.4) is 0 Å². The van der Waals surface area contributed by atoms with Crippen LogP contribution in [0.5, 0.6) is 0 Å². The number of quaternary nitrogens is 1. The number of nitrogens with zero attached hydrogens (tertiary/aromatic N) is 2. The number of nitrogens with one attached hydrogen (secondary N) is 1. The lowest BCUT2D eigenvalue weighted by Crippen LogP contribution is -2.54. The zero-order chi connectivity index (χ0) is 17.7. The largest absolute Gasteiger partial charge is 0.410 e. The van der Waals surface area contributed by atoms with Crippen molar-refractivity contribution in [2.45, 2.75) is 45.4 Å². The van der Waals surface area contributed by atoms with Gasteiger partial charge < -0.3 is 15.5 Å². The molecule has 1 aromatic carbocycles. The summed E-state index contributed by atoms with van der Waals surface area (Å²) < 4.78 is 5.59. The molecule has 2 aromatic rings. The highest BCUT2D eigenvalue weighted by Crippen LogP contribution is 2.23. The zero-order valence-electron chi connectivity index (χ0n) is 14.6. The maximum atomic E-state index is 12.1. The minimum absolute atomic E-state index is 0.0182. The molecular formula is C17H25N4O2S+. The Balaban J connectivity index is 1.89. The van der Waals surface area contributed by atoms with Crippen LogP contribution in [0.15, 0.2) is 27.8 Å². The van der Waals surface area contributed by atoms with Crippen molar-refractivity contribution in [2.75, 3.05) is 11.1 Å². The summed E-state index contributed by atoms with van der Waals surface area (Å²) in [6.45, 7) is 8.20. The number of rotatable bonds is 7. The van der Waals surface area contributed by atoms with Crippen molar-refractivity contribution in [3.05, 3.63) is 35.2 Å². The first-order valence-electron chi connectivity index (χ1n) is 8.02. The Labute approximate surface area is 146 Å². The Bertz CT molecular complexity index is 679. The second-order valence-electron chi connectivity index (χ2n) is 6.34. The van der Waals surface area contributed by atoms with E-state index in [1.165, 1.54) is 11.8 Å². The maximum Gasteiger partial charge on any atom is 0.277 e. The van der Waals surface area contributed by atoms with Gasteiger partial charge in [0, 0.05) is 12.1 Å². The van der Waals surface area contributed by atoms with Crippen LogP contribution in [0.2, 0.25) is 0 Å². The minimum Gasteiger partial charge on any atom is -0.410 e. The maximum absolute atomic E-state index is 12.1. The highest BCUT2D eigenvalue weighted by atomic mass is 32.2. The van der Waals surface area contributed by atoms with Gasteiger partial charge in [0.25, 0.3) is 11.1 Å². The van der Waals surface area contributed by atoms with E-state index in [4.69, 9.17) is 4.42 Å². The summed E-state index contributed by atoms with van der Waals surface area (Å²) in [6, 6.07) is 5.91. The summed E-state index contributed by atoms with van der Waals surface area (Å²) in [5.74, 6) is 1.17. The number of aromatic nitrogens is 2. The van der Waals surface area contributed by atoms with Gasteiger partial charge in [-0.15, -0.1) is 10.2 Å². The molecule has 1 aromatic heterocycles. The van der Waals surface area contributed by atoms with Gasteiger partial charge in [0.1, 0.15) is 0 Å². The SMILES string of the molecule is Cc1cccc(C)c1NC(=O)CSc1nnc(C([NH3+])CC(C)C)o1. The summed E-state index contributed by atoms with van der Waals surface area (Å²) >= 11 is 1.24. The summed E-state index contributed by atoms with van der Waals surface area (Å²) in [6.07, 6.45) is 0.888. The number of para-hydroxylation sites is 1. The van der Waals surface area contributed by atoms with E-state index in [0.29, 0.717) is 17.0 Å². The van der Waals surface area contributed by atoms with Gasteiger partial charge >= 0.3 is 0 Å². The van der Waals surface area contributed by atoms with Crippen LogP contribution in [0.25, 0.3) is 0 Å². The van der Waals surface area contributed by atoms with Gasteiger partial charge in [-0.25, -0.2) is 0 Å². The molecule has 0 saturated carbocycles. The van der Waals surface area contributed by atoms with Gasteiger partial charge in [-0.1, -0.05) is 43.8 Å². The van der Waals surface area contributed by atoms with Crippen LogP contribution >= 0.6 is 11.8 Å². The third kappa shape index (κ3) is 5.07. The van der Waals surface area contributed by atoms with Crippen LogP contribution in [0.4, 0.5) is 5.69 Å². The van der Waals surface area contributed by atoms with Crippen molar-refractivity contribution in [3.8, 4) is 0 Å². The van der Waals surface area contributed by atoms with Gasteiger partial charge in [-0.05, 0) is 30.9 Å². The molecule has 24 heavy (non-hydrogen) atoms. The summed E-state index contributed by atoms with van der Waals surface area (Å²) in [4.78, 5) is 12.1. The Morgan fingerprint density at radius 1 is 1.29 bits per heavy atom. The molecule has 7 heteroatoms. The zero-order valence-corrected chi connectivity index (χ0v) is 15.4. The fraction of sp³-hybridized carbons (Fsp3) is 0.471. The second-order valence-corrected chi connectivity index (χ2v) is 7.26. The molecule has 1 heterocycles. The molecule has 0 aliphatic rings. The van der Waals surface area contributed by atoms with Crippen LogP contribution < -0.4 is 11.1 Å². The number of hydrogen-bond donors (Lipinski definition) is 2. The number of aryl methyl sites for hydroxylation is 2. The van der Waals surface area contributed by atoms with Crippen LogP contribution in [-0.4, -0.2) is 21.9 Å². The van der Waals surface area contributed by atoms with Crippen LogP contribution in [-0.2, 0) is 4.79 Å². The van der Waals surface area contributed by atoms with Crippen molar-refractivity contribution in [1.82, 2.24) is 10.2 Å². The van der Waals surface area contributed by atoms with Gasteiger partial charge in [-0.2, -0.15) is 0 Å². The van der Waals surface area contributed by atoms with Crippen molar-refractivity contribution < 1.29 is 14.9 Å². The minimum atomic E-state index is -0.0921. The number of benzene rings is 1. The quantitative estimate of drug-likeness (QED) is 0.749. The standard InChI is InChI=1S/C17H24N4O2S/c1-10(2)8-13(18)16-20-21-17(23-16)24-9-14(22)19-15-11(3)6-5-7-12(15)4/h5-7,10,13H,8-9,18H2,1-4H3,(H,19,22)/p+1. The van der Waals surface area contributed by atoms with E-state index in [0.717, 1.165) is 23.2 Å². The van der Waals surface area contributed by atoms with Crippen LogP contribution in [0, 0.1) is 19.8 Å². The monoisotopic (exact) mass is 349 g/mol. The molecule has 0 aliphatic carbocycles. The Morgan fingerprint density at radius 2 is 1.96 bits per heavy atom. The normalized spacial score (nSPS) is 12.4. The molecule has 0 aliphatic heterocycles. The molecule has 0 saturated heterocycles. The van der Waals surface area contributed by atoms with E-state index in [9.17, 15) is 4.79 Å². The Hall–Kier alpha value is -1.86. The van der Waals surface area contributed by atoms with Crippen molar-refractivity contribution in [3.63, 3.8) is 0 Å². The number of carbonyl (C=O) groups is 1. The number of hydrogen-bond acceptors (Lipinski definition) is 5. The first kappa shape index (κ1) is 18.5. The molecule has 0 spiro atoms. The molecule has 4 N–H and O–H groups in total. The predicted molar refractivity (Wildman–Crippen MR) is 94.7 cm³/mol. The third-order valence-electron chi connectivity index (χ3n) is 3.60. The predicted octanol–water partition coefficient (Wildman–Crippen LogP) is 2.75. The number of thioether (sulfide) groups is 1. The van der Waals surface area contributed by atoms with E-state index in [2.05, 4.69) is 35.1 Å². The Kier molecular flexibility index (Phi) is 6.39. The third-order valence-corrected chi connectivity index (χ3v) is 4.42. The number of carbonyl (C=O) groups excluding carboxylic acids is 1. The highest BCUT2D eigenvalue weighted by Gasteiger charge is 2.19. The van der Waals surface area contributed by atoms with Crippen molar-refractivity contribution in [2.24, 2.45) is 5.92 Å². The smallest absolute Gasteiger partial charge is 0.277 e. The summed E-state index contributed by atoms with van der Waals surface area (Å²) in [5.41, 5.74) is 7.00.